The van der Waals surface area contributed by atoms with Gasteiger partial charge in [0.2, 0.25) is 0 Å². The van der Waals surface area contributed by atoms with Crippen molar-refractivity contribution >= 4 is 11.0 Å². The van der Waals surface area contributed by atoms with E-state index in [0.717, 1.165) is 23.3 Å². The Labute approximate surface area is 166 Å². The van der Waals surface area contributed by atoms with Gasteiger partial charge in [0.25, 0.3) is 0 Å². The summed E-state index contributed by atoms with van der Waals surface area (Å²) in [7, 11) is 0. The molecule has 0 saturated heterocycles. The first-order valence-corrected chi connectivity index (χ1v) is 9.71. The maximum Gasteiger partial charge on any atom is 0.147 e. The second-order valence-electron chi connectivity index (χ2n) is 7.57. The maximum absolute atomic E-state index is 6.27. The number of benzene rings is 2. The Hall–Kier alpha value is -3.07. The molecule has 4 aromatic rings. The highest BCUT2D eigenvalue weighted by atomic mass is 16.5. The molecule has 0 N–H and O–H groups in total. The average Bonchev–Trinajstić information content (AvgIpc) is 2.92. The molecule has 3 nitrogen and oxygen atoms in total. The van der Waals surface area contributed by atoms with Gasteiger partial charge in [-0.1, -0.05) is 59.7 Å². The highest BCUT2D eigenvalue weighted by molar-refractivity contribution is 5.86. The largest absolute Gasteiger partial charge is 0.487 e. The van der Waals surface area contributed by atoms with Crippen LogP contribution in [0, 0.1) is 27.7 Å². The predicted octanol–water partition coefficient (Wildman–Crippen LogP) is 5.90. The van der Waals surface area contributed by atoms with Crippen molar-refractivity contribution in [3.63, 3.8) is 0 Å². The van der Waals surface area contributed by atoms with Crippen LogP contribution >= 0.6 is 0 Å². The zero-order valence-electron chi connectivity index (χ0n) is 17.0. The zero-order valence-corrected chi connectivity index (χ0v) is 17.0. The van der Waals surface area contributed by atoms with Crippen LogP contribution in [0.25, 0.3) is 11.0 Å². The molecule has 2 aromatic carbocycles. The quantitative estimate of drug-likeness (QED) is 0.437. The summed E-state index contributed by atoms with van der Waals surface area (Å²) in [5, 5.41) is 0. The molecule has 3 heteroatoms. The minimum atomic E-state index is 0.550. The monoisotopic (exact) mass is 370 g/mol. The van der Waals surface area contributed by atoms with E-state index in [1.807, 2.05) is 12.3 Å². The van der Waals surface area contributed by atoms with E-state index in [9.17, 15) is 0 Å². The minimum Gasteiger partial charge on any atom is -0.487 e. The van der Waals surface area contributed by atoms with Crippen LogP contribution in [0.15, 0.2) is 60.8 Å². The van der Waals surface area contributed by atoms with Crippen LogP contribution in [0.5, 0.6) is 5.75 Å². The lowest BCUT2D eigenvalue weighted by atomic mass is 10.1. The number of fused-ring (bicyclic) bond motifs is 1. The van der Waals surface area contributed by atoms with Crippen LogP contribution in [0.4, 0.5) is 0 Å². The number of hydrogen-bond acceptors (Lipinski definition) is 2. The first-order valence-electron chi connectivity index (χ1n) is 9.71. The minimum absolute atomic E-state index is 0.550. The molecule has 0 aliphatic rings. The standard InChI is InChI=1S/C25H26N2O/c1-17-7-5-9-21(13-17)15-27-20(4)19(3)24-25(27)23(11-12-26-24)28-16-22-10-6-8-18(2)14-22/h5-14H,15-16H2,1-4H3. The maximum atomic E-state index is 6.27. The van der Waals surface area contributed by atoms with Gasteiger partial charge in [0.1, 0.15) is 17.9 Å². The van der Waals surface area contributed by atoms with E-state index >= 15 is 0 Å². The SMILES string of the molecule is Cc1cccc(COc2ccnc3c(C)c(C)n(Cc4cccc(C)c4)c23)c1. The van der Waals surface area contributed by atoms with Crippen molar-refractivity contribution in [2.24, 2.45) is 0 Å². The van der Waals surface area contributed by atoms with Gasteiger partial charge >= 0.3 is 0 Å². The number of pyridine rings is 1. The Morgan fingerprint density at radius 3 is 2.25 bits per heavy atom. The van der Waals surface area contributed by atoms with E-state index in [1.54, 1.807) is 0 Å². The van der Waals surface area contributed by atoms with E-state index in [-0.39, 0.29) is 0 Å². The van der Waals surface area contributed by atoms with Crippen LogP contribution in [-0.2, 0) is 13.2 Å². The number of hydrogen-bond donors (Lipinski definition) is 0. The number of aromatic nitrogens is 2. The molecule has 0 radical (unpaired) electrons. The van der Waals surface area contributed by atoms with E-state index in [1.165, 1.54) is 33.5 Å². The number of aryl methyl sites for hydroxylation is 3. The highest BCUT2D eigenvalue weighted by Crippen LogP contribution is 2.32. The zero-order chi connectivity index (χ0) is 19.7. The third-order valence-electron chi connectivity index (χ3n) is 5.36. The van der Waals surface area contributed by atoms with Crippen LogP contribution in [0.1, 0.15) is 33.5 Å². The molecule has 142 valence electrons. The first kappa shape index (κ1) is 18.3. The Balaban J connectivity index is 1.74. The molecule has 0 bridgehead atoms. The van der Waals surface area contributed by atoms with Crippen LogP contribution in [0.2, 0.25) is 0 Å². The van der Waals surface area contributed by atoms with Crippen LogP contribution < -0.4 is 4.74 Å². The van der Waals surface area contributed by atoms with Gasteiger partial charge in [-0.05, 0) is 44.4 Å². The Morgan fingerprint density at radius 1 is 0.857 bits per heavy atom. The van der Waals surface area contributed by atoms with Gasteiger partial charge in [-0.15, -0.1) is 0 Å². The Kier molecular flexibility index (Phi) is 4.91. The highest BCUT2D eigenvalue weighted by Gasteiger charge is 2.17. The smallest absolute Gasteiger partial charge is 0.147 e. The lowest BCUT2D eigenvalue weighted by molar-refractivity contribution is 0.308. The Morgan fingerprint density at radius 2 is 1.54 bits per heavy atom. The van der Waals surface area contributed by atoms with E-state index in [0.29, 0.717) is 6.61 Å². The lowest BCUT2D eigenvalue weighted by Gasteiger charge is -2.13. The molecule has 0 fully saturated rings. The number of ether oxygens (including phenoxy) is 1. The van der Waals surface area contributed by atoms with Crippen LogP contribution in [-0.4, -0.2) is 9.55 Å². The van der Waals surface area contributed by atoms with Crippen molar-refractivity contribution in [2.45, 2.75) is 40.8 Å². The van der Waals surface area contributed by atoms with Crippen molar-refractivity contribution in [2.75, 3.05) is 0 Å². The molecule has 0 saturated carbocycles. The normalized spacial score (nSPS) is 11.1. The fourth-order valence-corrected chi connectivity index (χ4v) is 3.78. The molecule has 0 spiro atoms. The predicted molar refractivity (Wildman–Crippen MR) is 115 cm³/mol. The van der Waals surface area contributed by atoms with Crippen molar-refractivity contribution < 1.29 is 4.74 Å². The molecular weight excluding hydrogens is 344 g/mol. The summed E-state index contributed by atoms with van der Waals surface area (Å²) in [6, 6.07) is 19.1. The van der Waals surface area contributed by atoms with Gasteiger partial charge in [0.15, 0.2) is 0 Å². The topological polar surface area (TPSA) is 27.1 Å². The average molecular weight is 370 g/mol. The van der Waals surface area contributed by atoms with E-state index in [2.05, 4.69) is 85.8 Å². The van der Waals surface area contributed by atoms with E-state index < -0.39 is 0 Å². The van der Waals surface area contributed by atoms with Gasteiger partial charge in [-0.2, -0.15) is 0 Å². The fourth-order valence-electron chi connectivity index (χ4n) is 3.78. The Bertz CT molecular complexity index is 1140. The summed E-state index contributed by atoms with van der Waals surface area (Å²) in [6.07, 6.45) is 1.84. The molecule has 28 heavy (non-hydrogen) atoms. The molecule has 0 atom stereocenters. The molecular formula is C25H26N2O. The summed E-state index contributed by atoms with van der Waals surface area (Å²) in [5.74, 6) is 0.885. The van der Waals surface area contributed by atoms with Crippen molar-refractivity contribution in [1.82, 2.24) is 9.55 Å². The van der Waals surface area contributed by atoms with Crippen LogP contribution in [0.3, 0.4) is 0 Å². The molecule has 0 aliphatic carbocycles. The van der Waals surface area contributed by atoms with Gasteiger partial charge in [-0.25, -0.2) is 0 Å². The second-order valence-corrected chi connectivity index (χ2v) is 7.57. The summed E-state index contributed by atoms with van der Waals surface area (Å²) >= 11 is 0. The molecule has 2 aromatic heterocycles. The number of nitrogens with zero attached hydrogens (tertiary/aromatic N) is 2. The summed E-state index contributed by atoms with van der Waals surface area (Å²) in [6.45, 7) is 9.90. The summed E-state index contributed by atoms with van der Waals surface area (Å²) in [5.41, 5.74) is 9.52. The molecule has 0 amide bonds. The fraction of sp³-hybridized carbons (Fsp3) is 0.240. The first-order chi connectivity index (χ1) is 13.5. The van der Waals surface area contributed by atoms with Crippen molar-refractivity contribution in [1.29, 1.82) is 0 Å². The van der Waals surface area contributed by atoms with E-state index in [4.69, 9.17) is 4.74 Å². The van der Waals surface area contributed by atoms with Gasteiger partial charge in [-0.3, -0.25) is 4.98 Å². The third kappa shape index (κ3) is 3.53. The van der Waals surface area contributed by atoms with Gasteiger partial charge in [0, 0.05) is 24.5 Å². The molecule has 0 aliphatic heterocycles. The third-order valence-corrected chi connectivity index (χ3v) is 5.36. The lowest BCUT2D eigenvalue weighted by Crippen LogP contribution is -2.04. The van der Waals surface area contributed by atoms with Gasteiger partial charge in [0.05, 0.1) is 5.52 Å². The summed E-state index contributed by atoms with van der Waals surface area (Å²) in [4.78, 5) is 4.65. The molecule has 2 heterocycles. The molecule has 0 unspecified atom stereocenters. The second kappa shape index (κ2) is 7.51. The van der Waals surface area contributed by atoms with Crippen molar-refractivity contribution in [3.8, 4) is 5.75 Å². The van der Waals surface area contributed by atoms with Crippen molar-refractivity contribution in [3.05, 3.63) is 94.3 Å². The molecule has 4 rings (SSSR count). The number of rotatable bonds is 5. The summed E-state index contributed by atoms with van der Waals surface area (Å²) < 4.78 is 8.60. The van der Waals surface area contributed by atoms with Gasteiger partial charge < -0.3 is 9.30 Å².